The van der Waals surface area contributed by atoms with Gasteiger partial charge in [0.1, 0.15) is 5.82 Å². The molecule has 1 unspecified atom stereocenters. The van der Waals surface area contributed by atoms with Crippen LogP contribution in [-0.4, -0.2) is 7.05 Å². The van der Waals surface area contributed by atoms with Crippen LogP contribution in [0.3, 0.4) is 0 Å². The first-order chi connectivity index (χ1) is 9.10. The molecule has 2 rings (SSSR count). The summed E-state index contributed by atoms with van der Waals surface area (Å²) in [6.45, 7) is 0. The van der Waals surface area contributed by atoms with Crippen LogP contribution in [0.1, 0.15) is 17.2 Å². The third-order valence-corrected chi connectivity index (χ3v) is 4.06. The summed E-state index contributed by atoms with van der Waals surface area (Å²) in [5, 5.41) is 3.17. The van der Waals surface area contributed by atoms with Crippen molar-refractivity contribution in [3.63, 3.8) is 0 Å². The largest absolute Gasteiger partial charge is 0.313 e. The van der Waals surface area contributed by atoms with Gasteiger partial charge < -0.3 is 5.32 Å². The standard InChI is InChI=1S/C15H14Br2FN/c1-19-15(8-10-2-4-11(16)5-3-10)13-7-6-12(17)9-14(13)18/h2-7,9,15,19H,8H2,1H3. The summed E-state index contributed by atoms with van der Waals surface area (Å²) in [6.07, 6.45) is 0.752. The number of rotatable bonds is 4. The molecular weight excluding hydrogens is 373 g/mol. The molecule has 0 aliphatic carbocycles. The van der Waals surface area contributed by atoms with Gasteiger partial charge >= 0.3 is 0 Å². The lowest BCUT2D eigenvalue weighted by Gasteiger charge is -2.17. The summed E-state index contributed by atoms with van der Waals surface area (Å²) in [7, 11) is 1.85. The van der Waals surface area contributed by atoms with Gasteiger partial charge in [-0.3, -0.25) is 0 Å². The van der Waals surface area contributed by atoms with E-state index < -0.39 is 0 Å². The Balaban J connectivity index is 2.22. The Labute approximate surface area is 129 Å². The molecule has 0 aromatic heterocycles. The van der Waals surface area contributed by atoms with Crippen LogP contribution in [0.25, 0.3) is 0 Å². The highest BCUT2D eigenvalue weighted by atomic mass is 79.9. The molecule has 100 valence electrons. The molecule has 0 spiro atoms. The van der Waals surface area contributed by atoms with E-state index in [2.05, 4.69) is 37.2 Å². The molecule has 0 heterocycles. The summed E-state index contributed by atoms with van der Waals surface area (Å²) in [5.74, 6) is -0.189. The lowest BCUT2D eigenvalue weighted by atomic mass is 9.98. The van der Waals surface area contributed by atoms with E-state index in [0.717, 1.165) is 15.4 Å². The van der Waals surface area contributed by atoms with Crippen LogP contribution in [-0.2, 0) is 6.42 Å². The van der Waals surface area contributed by atoms with Crippen molar-refractivity contribution in [2.75, 3.05) is 7.05 Å². The molecule has 1 atom stereocenters. The van der Waals surface area contributed by atoms with E-state index in [9.17, 15) is 4.39 Å². The fraction of sp³-hybridized carbons (Fsp3) is 0.200. The van der Waals surface area contributed by atoms with Crippen LogP contribution in [0.15, 0.2) is 51.4 Å². The van der Waals surface area contributed by atoms with E-state index >= 15 is 0 Å². The quantitative estimate of drug-likeness (QED) is 0.791. The zero-order valence-corrected chi connectivity index (χ0v) is 13.6. The van der Waals surface area contributed by atoms with E-state index in [1.807, 2.05) is 43.4 Å². The van der Waals surface area contributed by atoms with E-state index in [-0.39, 0.29) is 11.9 Å². The van der Waals surface area contributed by atoms with Crippen LogP contribution in [0.4, 0.5) is 4.39 Å². The van der Waals surface area contributed by atoms with Gasteiger partial charge in [0.2, 0.25) is 0 Å². The lowest BCUT2D eigenvalue weighted by Crippen LogP contribution is -2.20. The smallest absolute Gasteiger partial charge is 0.129 e. The van der Waals surface area contributed by atoms with Crippen LogP contribution in [0.2, 0.25) is 0 Å². The summed E-state index contributed by atoms with van der Waals surface area (Å²) in [6, 6.07) is 13.2. The topological polar surface area (TPSA) is 12.0 Å². The number of likely N-dealkylation sites (N-methyl/N-ethyl adjacent to an activating group) is 1. The predicted molar refractivity (Wildman–Crippen MR) is 83.7 cm³/mol. The molecule has 0 amide bonds. The Morgan fingerprint density at radius 1 is 1.05 bits per heavy atom. The highest BCUT2D eigenvalue weighted by Crippen LogP contribution is 2.24. The summed E-state index contributed by atoms with van der Waals surface area (Å²) in [4.78, 5) is 0. The molecule has 0 radical (unpaired) electrons. The van der Waals surface area contributed by atoms with E-state index in [4.69, 9.17) is 0 Å². The number of hydrogen-bond acceptors (Lipinski definition) is 1. The zero-order chi connectivity index (χ0) is 13.8. The first-order valence-corrected chi connectivity index (χ1v) is 7.55. The van der Waals surface area contributed by atoms with Gasteiger partial charge in [0.05, 0.1) is 0 Å². The van der Waals surface area contributed by atoms with Crippen molar-refractivity contribution in [3.8, 4) is 0 Å². The van der Waals surface area contributed by atoms with Crippen molar-refractivity contribution >= 4 is 31.9 Å². The van der Waals surface area contributed by atoms with Crippen molar-refractivity contribution in [2.45, 2.75) is 12.5 Å². The monoisotopic (exact) mass is 385 g/mol. The predicted octanol–water partition coefficient (Wildman–Crippen LogP) is 4.85. The molecule has 0 aliphatic heterocycles. The minimum atomic E-state index is -0.189. The van der Waals surface area contributed by atoms with Crippen LogP contribution >= 0.6 is 31.9 Å². The maximum atomic E-state index is 14.0. The van der Waals surface area contributed by atoms with Gasteiger partial charge in [0.25, 0.3) is 0 Å². The van der Waals surface area contributed by atoms with Gasteiger partial charge in [0.15, 0.2) is 0 Å². The molecular formula is C15H14Br2FN. The second kappa shape index (κ2) is 6.64. The van der Waals surface area contributed by atoms with E-state index in [1.54, 1.807) is 0 Å². The van der Waals surface area contributed by atoms with Crippen molar-refractivity contribution in [3.05, 3.63) is 68.4 Å². The highest BCUT2D eigenvalue weighted by molar-refractivity contribution is 9.10. The SMILES string of the molecule is CNC(Cc1ccc(Br)cc1)c1ccc(Br)cc1F. The Bertz CT molecular complexity index is 555. The number of benzene rings is 2. The average Bonchev–Trinajstić information content (AvgIpc) is 2.39. The highest BCUT2D eigenvalue weighted by Gasteiger charge is 2.14. The molecule has 0 saturated heterocycles. The molecule has 0 aliphatic rings. The third-order valence-electron chi connectivity index (χ3n) is 3.04. The first kappa shape index (κ1) is 14.7. The second-order valence-electron chi connectivity index (χ2n) is 4.34. The van der Waals surface area contributed by atoms with Gasteiger partial charge in [0, 0.05) is 20.6 Å². The van der Waals surface area contributed by atoms with Gasteiger partial charge in [-0.15, -0.1) is 0 Å². The Morgan fingerprint density at radius 2 is 1.68 bits per heavy atom. The minimum absolute atomic E-state index is 0.0331. The number of hydrogen-bond donors (Lipinski definition) is 1. The fourth-order valence-electron chi connectivity index (χ4n) is 2.01. The molecule has 19 heavy (non-hydrogen) atoms. The van der Waals surface area contributed by atoms with Gasteiger partial charge in [-0.1, -0.05) is 50.1 Å². The molecule has 4 heteroatoms. The molecule has 0 bridgehead atoms. The molecule has 1 N–H and O–H groups in total. The molecule has 2 aromatic carbocycles. The Hall–Kier alpha value is -0.710. The summed E-state index contributed by atoms with van der Waals surface area (Å²) in [5.41, 5.74) is 1.86. The molecule has 2 aromatic rings. The summed E-state index contributed by atoms with van der Waals surface area (Å²) >= 11 is 6.69. The summed E-state index contributed by atoms with van der Waals surface area (Å²) < 4.78 is 15.8. The van der Waals surface area contributed by atoms with E-state index in [1.165, 1.54) is 11.6 Å². The third kappa shape index (κ3) is 3.88. The zero-order valence-electron chi connectivity index (χ0n) is 10.5. The van der Waals surface area contributed by atoms with Gasteiger partial charge in [-0.05, 0) is 43.3 Å². The average molecular weight is 387 g/mol. The lowest BCUT2D eigenvalue weighted by molar-refractivity contribution is 0.533. The fourth-order valence-corrected chi connectivity index (χ4v) is 2.61. The minimum Gasteiger partial charge on any atom is -0.313 e. The van der Waals surface area contributed by atoms with Gasteiger partial charge in [-0.25, -0.2) is 4.39 Å². The Kier molecular flexibility index (Phi) is 5.13. The van der Waals surface area contributed by atoms with Gasteiger partial charge in [-0.2, -0.15) is 0 Å². The maximum Gasteiger partial charge on any atom is 0.129 e. The van der Waals surface area contributed by atoms with Crippen LogP contribution in [0, 0.1) is 5.82 Å². The van der Waals surface area contributed by atoms with Crippen molar-refractivity contribution < 1.29 is 4.39 Å². The number of nitrogens with one attached hydrogen (secondary N) is 1. The van der Waals surface area contributed by atoms with Crippen LogP contribution < -0.4 is 5.32 Å². The van der Waals surface area contributed by atoms with Crippen molar-refractivity contribution in [2.24, 2.45) is 0 Å². The van der Waals surface area contributed by atoms with Crippen molar-refractivity contribution in [1.29, 1.82) is 0 Å². The van der Waals surface area contributed by atoms with E-state index in [0.29, 0.717) is 5.56 Å². The van der Waals surface area contributed by atoms with Crippen molar-refractivity contribution in [1.82, 2.24) is 5.32 Å². The number of halogens is 3. The normalized spacial score (nSPS) is 12.4. The second-order valence-corrected chi connectivity index (χ2v) is 6.17. The molecule has 0 saturated carbocycles. The van der Waals surface area contributed by atoms with Crippen LogP contribution in [0.5, 0.6) is 0 Å². The first-order valence-electron chi connectivity index (χ1n) is 5.97. The maximum absolute atomic E-state index is 14.0. The Morgan fingerprint density at radius 3 is 2.26 bits per heavy atom. The molecule has 1 nitrogen and oxygen atoms in total. The molecule has 0 fully saturated rings.